The van der Waals surface area contributed by atoms with Crippen LogP contribution in [0.3, 0.4) is 0 Å². The normalized spacial score (nSPS) is 11.6. The average Bonchev–Trinajstić information content (AvgIpc) is 3.01. The van der Waals surface area contributed by atoms with Gasteiger partial charge in [0.1, 0.15) is 5.65 Å². The van der Waals surface area contributed by atoms with E-state index in [1.165, 1.54) is 9.24 Å². The van der Waals surface area contributed by atoms with Crippen molar-refractivity contribution in [2.75, 3.05) is 11.9 Å². The molecule has 6 nitrogen and oxygen atoms in total. The fraction of sp³-hybridized carbons (Fsp3) is 0.316. The number of hydrogen-bond acceptors (Lipinski definition) is 4. The molecule has 0 saturated carbocycles. The summed E-state index contributed by atoms with van der Waals surface area (Å²) in [5, 5.41) is 6.89. The first-order valence-corrected chi connectivity index (χ1v) is 9.64. The Labute approximate surface area is 175 Å². The van der Waals surface area contributed by atoms with Crippen molar-refractivity contribution in [3.8, 4) is 11.1 Å². The minimum Gasteiger partial charge on any atom is -0.379 e. The number of carbonyl (C=O) groups excluding carboxylic acids is 1. The second kappa shape index (κ2) is 9.46. The highest BCUT2D eigenvalue weighted by molar-refractivity contribution is 7.18. The molecule has 1 unspecified atom stereocenters. The maximum Gasteiger partial charge on any atom is 0.275 e. The van der Waals surface area contributed by atoms with Gasteiger partial charge in [0.05, 0.1) is 17.3 Å². The van der Waals surface area contributed by atoms with E-state index in [4.69, 9.17) is 11.6 Å². The lowest BCUT2D eigenvalue weighted by molar-refractivity contribution is -0.110. The van der Waals surface area contributed by atoms with Gasteiger partial charge in [0.15, 0.2) is 0 Å². The molecule has 0 bridgehead atoms. The van der Waals surface area contributed by atoms with Gasteiger partial charge in [-0.3, -0.25) is 9.78 Å². The Morgan fingerprint density at radius 2 is 1.97 bits per heavy atom. The number of amides is 1. The van der Waals surface area contributed by atoms with E-state index in [1.807, 2.05) is 30.0 Å². The predicted molar refractivity (Wildman–Crippen MR) is 116 cm³/mol. The van der Waals surface area contributed by atoms with Crippen LogP contribution in [-0.4, -0.2) is 39.1 Å². The van der Waals surface area contributed by atoms with Gasteiger partial charge in [0, 0.05) is 46.8 Å². The monoisotopic (exact) mass is 441 g/mol. The number of pyridine rings is 2. The second-order valence-corrected chi connectivity index (χ2v) is 8.63. The van der Waals surface area contributed by atoms with Crippen molar-refractivity contribution < 1.29 is 13.6 Å². The molecular weight excluding hydrogens is 419 g/mol. The van der Waals surface area contributed by atoms with Gasteiger partial charge in [0.25, 0.3) is 5.66 Å². The zero-order valence-corrected chi connectivity index (χ0v) is 18.2. The molecule has 3 N–H and O–H groups in total. The third-order valence-corrected chi connectivity index (χ3v) is 3.90. The first-order valence-electron chi connectivity index (χ1n) is 8.68. The first-order chi connectivity index (χ1) is 13.5. The molecule has 3 rings (SSSR count). The first kappa shape index (κ1) is 23.0. The molecule has 3 aromatic rings. The molecular formula is C19H23ClF2N5OP. The summed E-state index contributed by atoms with van der Waals surface area (Å²) in [6, 6.07) is 4.00. The molecule has 0 aliphatic rings. The molecule has 1 amide bonds. The van der Waals surface area contributed by atoms with Crippen molar-refractivity contribution in [3.63, 3.8) is 0 Å². The minimum absolute atomic E-state index is 0.00855. The molecule has 156 valence electrons. The van der Waals surface area contributed by atoms with Gasteiger partial charge >= 0.3 is 0 Å². The van der Waals surface area contributed by atoms with E-state index in [9.17, 15) is 13.6 Å². The van der Waals surface area contributed by atoms with E-state index >= 15 is 0 Å². The molecule has 0 radical (unpaired) electrons. The van der Waals surface area contributed by atoms with Crippen molar-refractivity contribution in [1.29, 1.82) is 0 Å². The van der Waals surface area contributed by atoms with Crippen LogP contribution in [0.4, 0.5) is 14.5 Å². The van der Waals surface area contributed by atoms with E-state index in [1.54, 1.807) is 6.20 Å². The largest absolute Gasteiger partial charge is 0.379 e. The van der Waals surface area contributed by atoms with Crippen LogP contribution in [-0.2, 0) is 4.79 Å². The molecule has 29 heavy (non-hydrogen) atoms. The fourth-order valence-electron chi connectivity index (χ4n) is 2.48. The Kier molecular flexibility index (Phi) is 7.49. The molecule has 3 heterocycles. The third kappa shape index (κ3) is 7.55. The van der Waals surface area contributed by atoms with Gasteiger partial charge in [-0.25, -0.2) is 13.8 Å². The van der Waals surface area contributed by atoms with Crippen LogP contribution in [0, 0.1) is 0 Å². The number of H-pyrrole nitrogens is 1. The van der Waals surface area contributed by atoms with Gasteiger partial charge in [-0.05, 0) is 32.9 Å². The number of aromatic nitrogens is 3. The summed E-state index contributed by atoms with van der Waals surface area (Å²) in [5.41, 5.74) is 1.00. The third-order valence-electron chi connectivity index (χ3n) is 3.49. The number of aromatic amines is 1. The Hall–Kier alpha value is -2.31. The van der Waals surface area contributed by atoms with Gasteiger partial charge in [0.2, 0.25) is 6.41 Å². The van der Waals surface area contributed by atoms with Crippen LogP contribution in [0.2, 0.25) is 5.02 Å². The maximum absolute atomic E-state index is 11.7. The fourth-order valence-corrected chi connectivity index (χ4v) is 2.76. The topological polar surface area (TPSA) is 82.7 Å². The maximum atomic E-state index is 11.7. The zero-order chi connectivity index (χ0) is 21.7. The number of nitrogens with one attached hydrogen (secondary N) is 3. The van der Waals surface area contributed by atoms with Crippen molar-refractivity contribution in [3.05, 3.63) is 41.9 Å². The van der Waals surface area contributed by atoms with E-state index < -0.39 is 12.2 Å². The molecule has 0 fully saturated rings. The van der Waals surface area contributed by atoms with E-state index in [0.717, 1.165) is 27.8 Å². The van der Waals surface area contributed by atoms with E-state index in [2.05, 4.69) is 47.1 Å². The van der Waals surface area contributed by atoms with Crippen LogP contribution < -0.4 is 10.6 Å². The second-order valence-electron chi connectivity index (χ2n) is 7.35. The number of hydrogen-bond donors (Lipinski definition) is 3. The van der Waals surface area contributed by atoms with Crippen LogP contribution in [0.5, 0.6) is 0 Å². The van der Waals surface area contributed by atoms with E-state index in [0.29, 0.717) is 5.02 Å². The average molecular weight is 442 g/mol. The Bertz CT molecular complexity index is 969. The number of anilines is 1. The van der Waals surface area contributed by atoms with Crippen molar-refractivity contribution in [2.45, 2.75) is 32.0 Å². The summed E-state index contributed by atoms with van der Waals surface area (Å²) < 4.78 is 23.3. The number of alkyl halides is 2. The zero-order valence-electron chi connectivity index (χ0n) is 16.3. The van der Waals surface area contributed by atoms with Gasteiger partial charge in [-0.2, -0.15) is 0 Å². The van der Waals surface area contributed by atoms with Crippen molar-refractivity contribution in [1.82, 2.24) is 20.3 Å². The number of nitrogens with zero attached hydrogens (tertiary/aromatic N) is 2. The lowest BCUT2D eigenvalue weighted by Crippen LogP contribution is -2.26. The SMILES string of the molecule is CC(C)(C)Nc1cncc(-c2c[nH]c3ncc(Cl)cc23)c1.O=CNCC(F)(F)P. The summed E-state index contributed by atoms with van der Waals surface area (Å²) in [6.45, 7) is 5.74. The number of carbonyl (C=O) groups is 1. The van der Waals surface area contributed by atoms with Crippen LogP contribution >= 0.6 is 20.8 Å². The summed E-state index contributed by atoms with van der Waals surface area (Å²) in [5.74, 6) is 0. The standard InChI is InChI=1S/C16H17ClN4.C3H6F2NOP/c1-16(2,3)21-12-4-10(6-18-8-12)14-9-20-15-13(14)5-11(17)7-19-15;4-3(5,8)1-6-2-7/h4-9,21H,1-3H3,(H,19,20);2H,1,8H2,(H,6,7). The highest BCUT2D eigenvalue weighted by Gasteiger charge is 2.19. The summed E-state index contributed by atoms with van der Waals surface area (Å²) in [7, 11) is 1.31. The van der Waals surface area contributed by atoms with Crippen LogP contribution in [0.15, 0.2) is 36.9 Å². The highest BCUT2D eigenvalue weighted by Crippen LogP contribution is 2.30. The Balaban J connectivity index is 0.000000321. The number of rotatable bonds is 5. The predicted octanol–water partition coefficient (Wildman–Crippen LogP) is 4.69. The number of fused-ring (bicyclic) bond motifs is 1. The van der Waals surface area contributed by atoms with E-state index in [-0.39, 0.29) is 11.9 Å². The lowest BCUT2D eigenvalue weighted by Gasteiger charge is -2.22. The summed E-state index contributed by atoms with van der Waals surface area (Å²) in [4.78, 5) is 21.2. The molecule has 0 aliphatic heterocycles. The highest BCUT2D eigenvalue weighted by atomic mass is 35.5. The molecule has 10 heteroatoms. The molecule has 0 aliphatic carbocycles. The molecule has 3 aromatic heterocycles. The molecule has 0 aromatic carbocycles. The number of halogens is 3. The smallest absolute Gasteiger partial charge is 0.275 e. The Morgan fingerprint density at radius 3 is 2.55 bits per heavy atom. The summed E-state index contributed by atoms with van der Waals surface area (Å²) in [6.07, 6.45) is 7.48. The van der Waals surface area contributed by atoms with Crippen LogP contribution in [0.1, 0.15) is 20.8 Å². The lowest BCUT2D eigenvalue weighted by atomic mass is 10.1. The minimum atomic E-state index is -2.87. The van der Waals surface area contributed by atoms with Crippen molar-refractivity contribution >= 4 is 44.0 Å². The van der Waals surface area contributed by atoms with Crippen LogP contribution in [0.25, 0.3) is 22.2 Å². The molecule has 0 saturated heterocycles. The Morgan fingerprint density at radius 1 is 1.24 bits per heavy atom. The molecule has 0 spiro atoms. The van der Waals surface area contributed by atoms with Crippen molar-refractivity contribution in [2.24, 2.45) is 0 Å². The summed E-state index contributed by atoms with van der Waals surface area (Å²) >= 11 is 6.05. The van der Waals surface area contributed by atoms with Gasteiger partial charge in [-0.15, -0.1) is 0 Å². The van der Waals surface area contributed by atoms with Gasteiger partial charge < -0.3 is 15.6 Å². The van der Waals surface area contributed by atoms with Gasteiger partial charge in [-0.1, -0.05) is 20.8 Å². The quantitative estimate of drug-likeness (QED) is 0.396. The molecule has 1 atom stereocenters.